The van der Waals surface area contributed by atoms with Gasteiger partial charge in [0.15, 0.2) is 5.25 Å². The van der Waals surface area contributed by atoms with Crippen LogP contribution in [0.2, 0.25) is 0 Å². The minimum atomic E-state index is -3.67. The number of ether oxygens (including phenoxy) is 1. The second kappa shape index (κ2) is 6.79. The maximum atomic E-state index is 12.3. The van der Waals surface area contributed by atoms with Crippen LogP contribution in [0.3, 0.4) is 0 Å². The third kappa shape index (κ3) is 3.66. The number of methoxy groups -OCH3 is 1. The zero-order valence-electron chi connectivity index (χ0n) is 11.9. The Morgan fingerprint density at radius 3 is 2.15 bits per heavy atom. The van der Waals surface area contributed by atoms with Crippen molar-refractivity contribution in [3.63, 3.8) is 0 Å². The van der Waals surface area contributed by atoms with Crippen LogP contribution in [-0.4, -0.2) is 73.2 Å². The summed E-state index contributed by atoms with van der Waals surface area (Å²) in [4.78, 5) is 13.8. The average Bonchev–Trinajstić information content (AvgIpc) is 2.44. The number of piperazine rings is 1. The number of carbonyl (C=O) groups is 1. The van der Waals surface area contributed by atoms with Crippen LogP contribution in [0.1, 0.15) is 13.8 Å². The zero-order chi connectivity index (χ0) is 15.5. The van der Waals surface area contributed by atoms with Crippen molar-refractivity contribution in [2.75, 3.05) is 33.3 Å². The van der Waals surface area contributed by atoms with Crippen LogP contribution >= 0.6 is 12.2 Å². The first-order valence-electron chi connectivity index (χ1n) is 6.32. The van der Waals surface area contributed by atoms with Crippen molar-refractivity contribution in [3.05, 3.63) is 0 Å². The quantitative estimate of drug-likeness (QED) is 0.521. The Hall–Kier alpha value is -0.770. The van der Waals surface area contributed by atoms with E-state index in [1.54, 1.807) is 0 Å². The number of sulfonamides is 1. The molecule has 0 aliphatic carbocycles. The Morgan fingerprint density at radius 1 is 1.25 bits per heavy atom. The Balaban J connectivity index is 2.69. The lowest BCUT2D eigenvalue weighted by atomic mass is 10.2. The molecule has 1 fully saturated rings. The van der Waals surface area contributed by atoms with Crippen LogP contribution in [0.5, 0.6) is 0 Å². The minimum Gasteiger partial charge on any atom is -0.468 e. The summed E-state index contributed by atoms with van der Waals surface area (Å²) >= 11 is 4.94. The van der Waals surface area contributed by atoms with Crippen LogP contribution in [0.4, 0.5) is 0 Å². The average molecular weight is 323 g/mol. The summed E-state index contributed by atoms with van der Waals surface area (Å²) in [5, 5.41) is -1.19. The van der Waals surface area contributed by atoms with Gasteiger partial charge in [-0.15, -0.1) is 0 Å². The molecule has 1 saturated heterocycles. The fraction of sp³-hybridized carbons (Fsp3) is 0.818. The first kappa shape index (κ1) is 17.3. The molecular weight excluding hydrogens is 302 g/mol. The maximum absolute atomic E-state index is 12.3. The molecule has 7 nitrogen and oxygen atoms in total. The van der Waals surface area contributed by atoms with E-state index >= 15 is 0 Å². The van der Waals surface area contributed by atoms with E-state index in [1.165, 1.54) is 18.3 Å². The van der Waals surface area contributed by atoms with Gasteiger partial charge in [-0.2, -0.15) is 4.31 Å². The van der Waals surface area contributed by atoms with Crippen molar-refractivity contribution < 1.29 is 17.9 Å². The highest BCUT2D eigenvalue weighted by Crippen LogP contribution is 2.15. The van der Waals surface area contributed by atoms with Gasteiger partial charge in [-0.05, 0) is 13.8 Å². The van der Waals surface area contributed by atoms with Gasteiger partial charge in [0, 0.05) is 26.2 Å². The highest BCUT2D eigenvalue weighted by molar-refractivity contribution is 7.90. The molecule has 1 heterocycles. The molecule has 1 aliphatic heterocycles. The number of esters is 1. The monoisotopic (exact) mass is 323 g/mol. The number of nitrogens with zero attached hydrogens (tertiary/aromatic N) is 2. The second-order valence-corrected chi connectivity index (χ2v) is 7.45. The smallest absolute Gasteiger partial charge is 0.325 e. The molecule has 0 saturated carbocycles. The van der Waals surface area contributed by atoms with Crippen LogP contribution < -0.4 is 5.73 Å². The highest BCUT2D eigenvalue weighted by Gasteiger charge is 2.37. The minimum absolute atomic E-state index is 0.0621. The van der Waals surface area contributed by atoms with Crippen LogP contribution in [-0.2, 0) is 19.6 Å². The second-order valence-electron chi connectivity index (χ2n) is 4.72. The topological polar surface area (TPSA) is 92.9 Å². The van der Waals surface area contributed by atoms with Gasteiger partial charge in [-0.25, -0.2) is 8.42 Å². The Labute approximate surface area is 125 Å². The molecule has 0 aromatic rings. The van der Waals surface area contributed by atoms with E-state index in [4.69, 9.17) is 18.0 Å². The summed E-state index contributed by atoms with van der Waals surface area (Å²) in [6.45, 7) is 4.93. The summed E-state index contributed by atoms with van der Waals surface area (Å²) in [7, 11) is -2.50. The van der Waals surface area contributed by atoms with Crippen molar-refractivity contribution in [1.82, 2.24) is 9.21 Å². The first-order valence-corrected chi connectivity index (χ1v) is 8.23. The summed E-state index contributed by atoms with van der Waals surface area (Å²) in [5.74, 6) is -0.746. The number of rotatable bonds is 5. The van der Waals surface area contributed by atoms with E-state index in [1.807, 2.05) is 11.8 Å². The molecule has 0 radical (unpaired) electrons. The molecule has 0 bridgehead atoms. The lowest BCUT2D eigenvalue weighted by molar-refractivity contribution is -0.139. The van der Waals surface area contributed by atoms with E-state index in [0.717, 1.165) is 0 Å². The third-order valence-corrected chi connectivity index (χ3v) is 6.08. The molecule has 2 N–H and O–H groups in total. The van der Waals surface area contributed by atoms with Crippen molar-refractivity contribution >= 4 is 33.2 Å². The predicted molar refractivity (Wildman–Crippen MR) is 79.8 cm³/mol. The molecular formula is C11H21N3O4S2. The van der Waals surface area contributed by atoms with Gasteiger partial charge in [0.25, 0.3) is 0 Å². The molecule has 2 unspecified atom stereocenters. The molecule has 0 amide bonds. The SMILES string of the molecule is COC(=O)C(C)S(=O)(=O)N1CCN(C(C)C(N)=S)CC1. The molecule has 0 aromatic carbocycles. The highest BCUT2D eigenvalue weighted by atomic mass is 32.2. The van der Waals surface area contributed by atoms with Crippen LogP contribution in [0.25, 0.3) is 0 Å². The van der Waals surface area contributed by atoms with Crippen molar-refractivity contribution in [2.24, 2.45) is 5.73 Å². The standard InChI is InChI=1S/C11H21N3O4S2/c1-8(10(12)19)13-4-6-14(7-5-13)20(16,17)9(2)11(15)18-3/h8-9H,4-7H2,1-3H3,(H2,12,19). The Morgan fingerprint density at radius 2 is 1.75 bits per heavy atom. The fourth-order valence-corrected chi connectivity index (χ4v) is 3.64. The van der Waals surface area contributed by atoms with Crippen molar-refractivity contribution in [1.29, 1.82) is 0 Å². The van der Waals surface area contributed by atoms with Crippen LogP contribution in [0.15, 0.2) is 0 Å². The summed E-state index contributed by atoms with van der Waals surface area (Å²) in [6.07, 6.45) is 0. The number of hydrogen-bond acceptors (Lipinski definition) is 6. The number of thiocarbonyl (C=S) groups is 1. The molecule has 0 aromatic heterocycles. The van der Waals surface area contributed by atoms with Gasteiger partial charge in [0.2, 0.25) is 10.0 Å². The fourth-order valence-electron chi connectivity index (χ4n) is 2.04. The largest absolute Gasteiger partial charge is 0.468 e. The first-order chi connectivity index (χ1) is 9.21. The number of hydrogen-bond donors (Lipinski definition) is 1. The van der Waals surface area contributed by atoms with Gasteiger partial charge in [-0.3, -0.25) is 9.69 Å². The van der Waals surface area contributed by atoms with Gasteiger partial charge < -0.3 is 10.5 Å². The third-order valence-electron chi connectivity index (χ3n) is 3.57. The number of nitrogens with two attached hydrogens (primary N) is 1. The van der Waals surface area contributed by atoms with Crippen molar-refractivity contribution in [3.8, 4) is 0 Å². The maximum Gasteiger partial charge on any atom is 0.325 e. The summed E-state index contributed by atoms with van der Waals surface area (Å²) < 4.78 is 30.3. The van der Waals surface area contributed by atoms with E-state index < -0.39 is 21.2 Å². The van der Waals surface area contributed by atoms with Crippen molar-refractivity contribution in [2.45, 2.75) is 25.1 Å². The van der Waals surface area contributed by atoms with Gasteiger partial charge in [0.05, 0.1) is 18.1 Å². The van der Waals surface area contributed by atoms with Crippen LogP contribution in [0, 0.1) is 0 Å². The summed E-state index contributed by atoms with van der Waals surface area (Å²) in [6, 6.07) is -0.0621. The van der Waals surface area contributed by atoms with Gasteiger partial charge >= 0.3 is 5.97 Å². The molecule has 1 aliphatic rings. The Bertz CT molecular complexity index is 472. The normalized spacial score (nSPS) is 21.1. The summed E-state index contributed by atoms with van der Waals surface area (Å²) in [5.41, 5.74) is 5.59. The lowest BCUT2D eigenvalue weighted by Crippen LogP contribution is -2.55. The van der Waals surface area contributed by atoms with E-state index in [2.05, 4.69) is 4.74 Å². The zero-order valence-corrected chi connectivity index (χ0v) is 13.5. The lowest BCUT2D eigenvalue weighted by Gasteiger charge is -2.37. The van der Waals surface area contributed by atoms with Gasteiger partial charge in [0.1, 0.15) is 0 Å². The van der Waals surface area contributed by atoms with E-state index in [9.17, 15) is 13.2 Å². The molecule has 116 valence electrons. The molecule has 2 atom stereocenters. The Kier molecular flexibility index (Phi) is 5.87. The predicted octanol–water partition coefficient (Wildman–Crippen LogP) is -0.830. The molecule has 20 heavy (non-hydrogen) atoms. The van der Waals surface area contributed by atoms with E-state index in [0.29, 0.717) is 31.2 Å². The number of carbonyl (C=O) groups excluding carboxylic acids is 1. The van der Waals surface area contributed by atoms with E-state index in [-0.39, 0.29) is 6.04 Å². The molecule has 9 heteroatoms. The van der Waals surface area contributed by atoms with Gasteiger partial charge in [-0.1, -0.05) is 12.2 Å². The molecule has 0 spiro atoms. The molecule has 1 rings (SSSR count).